The number of aromatic nitrogens is 3. The van der Waals surface area contributed by atoms with Crippen LogP contribution in [0.3, 0.4) is 0 Å². The Labute approximate surface area is 143 Å². The van der Waals surface area contributed by atoms with Crippen LogP contribution >= 0.6 is 11.8 Å². The highest BCUT2D eigenvalue weighted by Crippen LogP contribution is 2.41. The molecule has 0 bridgehead atoms. The minimum Gasteiger partial charge on any atom is -0.497 e. The SMILES string of the molecule is COc1ccc([C@H]2Nn3c(nnc3-c3ccccc3OC)S2)cc1. The van der Waals surface area contributed by atoms with Gasteiger partial charge in [-0.25, -0.2) is 4.68 Å². The van der Waals surface area contributed by atoms with Crippen LogP contribution < -0.4 is 14.9 Å². The van der Waals surface area contributed by atoms with E-state index in [9.17, 15) is 0 Å². The van der Waals surface area contributed by atoms with Gasteiger partial charge < -0.3 is 14.9 Å². The molecule has 0 fully saturated rings. The highest BCUT2D eigenvalue weighted by molar-refractivity contribution is 7.99. The first-order valence-electron chi connectivity index (χ1n) is 7.46. The van der Waals surface area contributed by atoms with Crippen LogP contribution in [-0.4, -0.2) is 29.1 Å². The predicted octanol–water partition coefficient (Wildman–Crippen LogP) is 3.31. The molecule has 0 spiro atoms. The molecule has 7 heteroatoms. The van der Waals surface area contributed by atoms with Crippen molar-refractivity contribution in [2.45, 2.75) is 10.5 Å². The molecule has 0 saturated heterocycles. The van der Waals surface area contributed by atoms with Crippen molar-refractivity contribution < 1.29 is 9.47 Å². The van der Waals surface area contributed by atoms with E-state index in [-0.39, 0.29) is 5.37 Å². The van der Waals surface area contributed by atoms with Crippen molar-refractivity contribution >= 4 is 11.8 Å². The lowest BCUT2D eigenvalue weighted by Crippen LogP contribution is -2.14. The summed E-state index contributed by atoms with van der Waals surface area (Å²) in [5, 5.41) is 9.50. The fourth-order valence-corrected chi connectivity index (χ4v) is 3.63. The molecule has 3 aromatic rings. The van der Waals surface area contributed by atoms with E-state index < -0.39 is 0 Å². The van der Waals surface area contributed by atoms with Crippen LogP contribution in [0.1, 0.15) is 10.9 Å². The third-order valence-electron chi connectivity index (χ3n) is 3.87. The molecular weight excluding hydrogens is 324 g/mol. The van der Waals surface area contributed by atoms with E-state index >= 15 is 0 Å². The van der Waals surface area contributed by atoms with Crippen molar-refractivity contribution in [1.82, 2.24) is 14.9 Å². The number of nitrogens with one attached hydrogen (secondary N) is 1. The summed E-state index contributed by atoms with van der Waals surface area (Å²) >= 11 is 1.63. The third-order valence-corrected chi connectivity index (χ3v) is 4.96. The average Bonchev–Trinajstić information content (AvgIpc) is 3.22. The molecule has 122 valence electrons. The summed E-state index contributed by atoms with van der Waals surface area (Å²) in [5.74, 6) is 2.36. The number of nitrogens with zero attached hydrogens (tertiary/aromatic N) is 3. The van der Waals surface area contributed by atoms with E-state index in [1.54, 1.807) is 26.0 Å². The smallest absolute Gasteiger partial charge is 0.212 e. The summed E-state index contributed by atoms with van der Waals surface area (Å²) in [6, 6.07) is 15.8. The maximum atomic E-state index is 5.44. The number of para-hydroxylation sites is 1. The number of ether oxygens (including phenoxy) is 2. The van der Waals surface area contributed by atoms with E-state index in [0.29, 0.717) is 0 Å². The average molecular weight is 340 g/mol. The molecule has 1 N–H and O–H groups in total. The highest BCUT2D eigenvalue weighted by Gasteiger charge is 2.28. The zero-order valence-corrected chi connectivity index (χ0v) is 14.1. The monoisotopic (exact) mass is 340 g/mol. The van der Waals surface area contributed by atoms with Gasteiger partial charge in [0.25, 0.3) is 0 Å². The molecule has 0 saturated carbocycles. The first-order chi connectivity index (χ1) is 11.8. The van der Waals surface area contributed by atoms with Crippen LogP contribution in [0.25, 0.3) is 11.4 Å². The molecule has 1 aliphatic rings. The van der Waals surface area contributed by atoms with Gasteiger partial charge >= 0.3 is 0 Å². The van der Waals surface area contributed by atoms with Crippen LogP contribution in [0.5, 0.6) is 11.5 Å². The lowest BCUT2D eigenvalue weighted by atomic mass is 10.2. The number of fused-ring (bicyclic) bond motifs is 1. The minimum absolute atomic E-state index is 0.0786. The molecule has 0 radical (unpaired) electrons. The molecule has 1 aromatic heterocycles. The Morgan fingerprint density at radius 3 is 2.54 bits per heavy atom. The Morgan fingerprint density at radius 1 is 1.00 bits per heavy atom. The van der Waals surface area contributed by atoms with Crippen molar-refractivity contribution in [3.8, 4) is 22.9 Å². The third kappa shape index (κ3) is 2.46. The van der Waals surface area contributed by atoms with Crippen molar-refractivity contribution in [2.75, 3.05) is 19.6 Å². The number of benzene rings is 2. The molecule has 2 aromatic carbocycles. The van der Waals surface area contributed by atoms with Crippen LogP contribution in [0, 0.1) is 0 Å². The minimum atomic E-state index is 0.0786. The topological polar surface area (TPSA) is 61.2 Å². The standard InChI is InChI=1S/C17H16N4O2S/c1-22-12-9-7-11(8-10-12)16-20-21-15(18-19-17(21)24-16)13-5-3-4-6-14(13)23-2/h3-10,16,20H,1-2H3/t16-/m0/s1. The lowest BCUT2D eigenvalue weighted by molar-refractivity contribution is 0.414. The molecule has 24 heavy (non-hydrogen) atoms. The number of methoxy groups -OCH3 is 2. The number of hydrogen-bond donors (Lipinski definition) is 1. The lowest BCUT2D eigenvalue weighted by Gasteiger charge is -2.13. The van der Waals surface area contributed by atoms with E-state index in [4.69, 9.17) is 9.47 Å². The normalized spacial score (nSPS) is 15.7. The van der Waals surface area contributed by atoms with Gasteiger partial charge in [-0.05, 0) is 29.8 Å². The van der Waals surface area contributed by atoms with Gasteiger partial charge in [-0.3, -0.25) is 0 Å². The second-order valence-electron chi connectivity index (χ2n) is 5.24. The fourth-order valence-electron chi connectivity index (χ4n) is 2.64. The summed E-state index contributed by atoms with van der Waals surface area (Å²) in [4.78, 5) is 0. The molecule has 1 atom stereocenters. The molecule has 0 amide bonds. The summed E-state index contributed by atoms with van der Waals surface area (Å²) < 4.78 is 12.6. The van der Waals surface area contributed by atoms with Gasteiger partial charge in [0.05, 0.1) is 19.8 Å². The molecule has 2 heterocycles. The van der Waals surface area contributed by atoms with E-state index in [0.717, 1.165) is 33.6 Å². The summed E-state index contributed by atoms with van der Waals surface area (Å²) in [6.45, 7) is 0. The molecule has 6 nitrogen and oxygen atoms in total. The van der Waals surface area contributed by atoms with Gasteiger partial charge in [0.1, 0.15) is 16.9 Å². The molecule has 1 aliphatic heterocycles. The van der Waals surface area contributed by atoms with Crippen LogP contribution in [0.15, 0.2) is 53.7 Å². The fraction of sp³-hybridized carbons (Fsp3) is 0.176. The maximum Gasteiger partial charge on any atom is 0.212 e. The van der Waals surface area contributed by atoms with Gasteiger partial charge in [-0.2, -0.15) is 0 Å². The van der Waals surface area contributed by atoms with Crippen molar-refractivity contribution in [3.05, 3.63) is 54.1 Å². The van der Waals surface area contributed by atoms with E-state index in [2.05, 4.69) is 15.6 Å². The van der Waals surface area contributed by atoms with E-state index in [1.165, 1.54) is 0 Å². The zero-order valence-electron chi connectivity index (χ0n) is 13.3. The first-order valence-corrected chi connectivity index (χ1v) is 8.34. The van der Waals surface area contributed by atoms with Gasteiger partial charge in [0.2, 0.25) is 5.16 Å². The molecule has 0 unspecified atom stereocenters. The maximum absolute atomic E-state index is 5.44. The zero-order chi connectivity index (χ0) is 16.5. The highest BCUT2D eigenvalue weighted by atomic mass is 32.2. The Morgan fingerprint density at radius 2 is 1.79 bits per heavy atom. The number of thioether (sulfide) groups is 1. The quantitative estimate of drug-likeness (QED) is 0.786. The van der Waals surface area contributed by atoms with Gasteiger partial charge in [0.15, 0.2) is 5.82 Å². The number of hydrogen-bond acceptors (Lipinski definition) is 6. The Bertz CT molecular complexity index is 863. The second kappa shape index (κ2) is 6.09. The number of rotatable bonds is 4. The second-order valence-corrected chi connectivity index (χ2v) is 6.31. The van der Waals surface area contributed by atoms with Crippen LogP contribution in [0.4, 0.5) is 0 Å². The van der Waals surface area contributed by atoms with E-state index in [1.807, 2.05) is 53.2 Å². The van der Waals surface area contributed by atoms with Gasteiger partial charge in [-0.1, -0.05) is 36.0 Å². The van der Waals surface area contributed by atoms with Crippen LogP contribution in [0.2, 0.25) is 0 Å². The van der Waals surface area contributed by atoms with Crippen molar-refractivity contribution in [1.29, 1.82) is 0 Å². The first kappa shape index (κ1) is 14.9. The predicted molar refractivity (Wildman–Crippen MR) is 93.0 cm³/mol. The van der Waals surface area contributed by atoms with Crippen molar-refractivity contribution in [2.24, 2.45) is 0 Å². The summed E-state index contributed by atoms with van der Waals surface area (Å²) in [7, 11) is 3.32. The summed E-state index contributed by atoms with van der Waals surface area (Å²) in [5.41, 5.74) is 5.50. The summed E-state index contributed by atoms with van der Waals surface area (Å²) in [6.07, 6.45) is 0. The molecular formula is C17H16N4O2S. The Hall–Kier alpha value is -2.67. The molecule has 0 aliphatic carbocycles. The molecule has 4 rings (SSSR count). The van der Waals surface area contributed by atoms with Crippen molar-refractivity contribution in [3.63, 3.8) is 0 Å². The Kier molecular flexibility index (Phi) is 3.78. The van der Waals surface area contributed by atoms with Gasteiger partial charge in [0, 0.05) is 0 Å². The Balaban J connectivity index is 1.65. The van der Waals surface area contributed by atoms with Crippen LogP contribution in [-0.2, 0) is 0 Å². The van der Waals surface area contributed by atoms with Gasteiger partial charge in [-0.15, -0.1) is 10.2 Å². The largest absolute Gasteiger partial charge is 0.497 e.